The van der Waals surface area contributed by atoms with Crippen molar-refractivity contribution in [2.24, 2.45) is 0 Å². The molecule has 2 amide bonds. The van der Waals surface area contributed by atoms with Crippen molar-refractivity contribution in [1.82, 2.24) is 10.2 Å². The molecule has 1 saturated heterocycles. The van der Waals surface area contributed by atoms with Crippen LogP contribution in [0.3, 0.4) is 0 Å². The number of urea groups is 1. The summed E-state index contributed by atoms with van der Waals surface area (Å²) >= 11 is 0. The topological polar surface area (TPSA) is 41.6 Å². The molecule has 2 rings (SSSR count). The average Bonchev–Trinajstić information content (AvgIpc) is 2.60. The van der Waals surface area contributed by atoms with Gasteiger partial charge in [-0.2, -0.15) is 0 Å². The van der Waals surface area contributed by atoms with Crippen molar-refractivity contribution in [3.63, 3.8) is 0 Å². The number of ether oxygens (including phenoxy) is 1. The minimum atomic E-state index is -0.828. The lowest BCUT2D eigenvalue weighted by Crippen LogP contribution is -2.56. The molecule has 1 aliphatic heterocycles. The molecule has 0 bridgehead atoms. The predicted octanol–water partition coefficient (Wildman–Crippen LogP) is 0.917. The van der Waals surface area contributed by atoms with Crippen LogP contribution in [0.1, 0.15) is 19.3 Å². The van der Waals surface area contributed by atoms with Gasteiger partial charge < -0.3 is 15.0 Å². The molecule has 0 aromatic heterocycles. The first-order valence-corrected chi connectivity index (χ1v) is 5.41. The van der Waals surface area contributed by atoms with E-state index in [0.717, 1.165) is 19.3 Å². The number of carbonyl (C=O) groups is 1. The van der Waals surface area contributed by atoms with E-state index in [1.165, 1.54) is 4.90 Å². The molecule has 1 saturated carbocycles. The van der Waals surface area contributed by atoms with Crippen molar-refractivity contribution in [2.75, 3.05) is 20.2 Å². The summed E-state index contributed by atoms with van der Waals surface area (Å²) in [6.07, 6.45) is 2.26. The van der Waals surface area contributed by atoms with Crippen LogP contribution in [0.4, 0.5) is 9.18 Å². The van der Waals surface area contributed by atoms with Gasteiger partial charge in [-0.25, -0.2) is 9.18 Å². The van der Waals surface area contributed by atoms with Crippen LogP contribution in [-0.4, -0.2) is 49.4 Å². The van der Waals surface area contributed by atoms with Crippen molar-refractivity contribution in [1.29, 1.82) is 0 Å². The lowest BCUT2D eigenvalue weighted by molar-refractivity contribution is 0.0862. The van der Waals surface area contributed by atoms with Gasteiger partial charge in [-0.1, -0.05) is 0 Å². The van der Waals surface area contributed by atoms with Gasteiger partial charge in [0.15, 0.2) is 0 Å². The van der Waals surface area contributed by atoms with E-state index in [4.69, 9.17) is 4.74 Å². The number of rotatable bonds is 2. The number of carbonyl (C=O) groups excluding carboxylic acids is 1. The van der Waals surface area contributed by atoms with E-state index in [0.29, 0.717) is 0 Å². The zero-order valence-electron chi connectivity index (χ0n) is 8.91. The molecule has 2 atom stereocenters. The standard InChI is InChI=1S/C10H17FN2O2/c1-15-9-3-2-8(4-9)12-10(14)13-5-7(11)6-13/h7-9H,2-6H2,1H3,(H,12,14). The van der Waals surface area contributed by atoms with E-state index in [9.17, 15) is 9.18 Å². The van der Waals surface area contributed by atoms with Crippen molar-refractivity contribution < 1.29 is 13.9 Å². The molecule has 4 nitrogen and oxygen atoms in total. The number of methoxy groups -OCH3 is 1. The predicted molar refractivity (Wildman–Crippen MR) is 53.4 cm³/mol. The highest BCUT2D eigenvalue weighted by Gasteiger charge is 2.33. The molecule has 2 aliphatic rings. The fraction of sp³-hybridized carbons (Fsp3) is 0.900. The van der Waals surface area contributed by atoms with Crippen LogP contribution < -0.4 is 5.32 Å². The maximum absolute atomic E-state index is 12.5. The first-order chi connectivity index (χ1) is 7.19. The van der Waals surface area contributed by atoms with Crippen LogP contribution in [0.5, 0.6) is 0 Å². The van der Waals surface area contributed by atoms with Gasteiger partial charge in [0.25, 0.3) is 0 Å². The lowest BCUT2D eigenvalue weighted by atomic mass is 10.2. The van der Waals surface area contributed by atoms with E-state index < -0.39 is 6.17 Å². The molecule has 2 unspecified atom stereocenters. The Morgan fingerprint density at radius 2 is 2.20 bits per heavy atom. The molecule has 1 heterocycles. The highest BCUT2D eigenvalue weighted by Crippen LogP contribution is 2.22. The van der Waals surface area contributed by atoms with Crippen molar-refractivity contribution in [2.45, 2.75) is 37.6 Å². The Kier molecular flexibility index (Phi) is 3.09. The normalized spacial score (nSPS) is 31.5. The van der Waals surface area contributed by atoms with Crippen LogP contribution in [0.15, 0.2) is 0 Å². The summed E-state index contributed by atoms with van der Waals surface area (Å²) in [5.41, 5.74) is 0. The number of nitrogens with one attached hydrogen (secondary N) is 1. The number of hydrogen-bond donors (Lipinski definition) is 1. The number of alkyl halides is 1. The van der Waals surface area contributed by atoms with E-state index >= 15 is 0 Å². The third-order valence-electron chi connectivity index (χ3n) is 3.17. The van der Waals surface area contributed by atoms with Crippen molar-refractivity contribution in [3.8, 4) is 0 Å². The summed E-state index contributed by atoms with van der Waals surface area (Å²) in [5, 5.41) is 2.91. The molecular weight excluding hydrogens is 199 g/mol. The number of amides is 2. The third-order valence-corrected chi connectivity index (χ3v) is 3.17. The second kappa shape index (κ2) is 4.35. The van der Waals surface area contributed by atoms with Crippen LogP contribution in [0.2, 0.25) is 0 Å². The van der Waals surface area contributed by atoms with Crippen LogP contribution >= 0.6 is 0 Å². The third kappa shape index (κ3) is 2.40. The number of likely N-dealkylation sites (tertiary alicyclic amines) is 1. The minimum absolute atomic E-state index is 0.134. The highest BCUT2D eigenvalue weighted by molar-refractivity contribution is 5.75. The SMILES string of the molecule is COC1CCC(NC(=O)N2CC(F)C2)C1. The second-order valence-corrected chi connectivity index (χ2v) is 4.32. The maximum atomic E-state index is 12.5. The minimum Gasteiger partial charge on any atom is -0.381 e. The van der Waals surface area contributed by atoms with Gasteiger partial charge >= 0.3 is 6.03 Å². The van der Waals surface area contributed by atoms with Crippen molar-refractivity contribution >= 4 is 6.03 Å². The quantitative estimate of drug-likeness (QED) is 0.745. The van der Waals surface area contributed by atoms with E-state index in [1.807, 2.05) is 0 Å². The Bertz CT molecular complexity index is 244. The Labute approximate surface area is 88.8 Å². The Morgan fingerprint density at radius 3 is 2.73 bits per heavy atom. The fourth-order valence-electron chi connectivity index (χ4n) is 2.14. The smallest absolute Gasteiger partial charge is 0.317 e. The summed E-state index contributed by atoms with van der Waals surface area (Å²) in [4.78, 5) is 13.0. The Balaban J connectivity index is 1.71. The monoisotopic (exact) mass is 216 g/mol. The van der Waals surface area contributed by atoms with Crippen LogP contribution in [-0.2, 0) is 4.74 Å². The maximum Gasteiger partial charge on any atom is 0.317 e. The molecule has 0 aromatic rings. The number of nitrogens with zero attached hydrogens (tertiary/aromatic N) is 1. The summed E-state index contributed by atoms with van der Waals surface area (Å²) < 4.78 is 17.7. The first-order valence-electron chi connectivity index (χ1n) is 5.41. The summed E-state index contributed by atoms with van der Waals surface area (Å²) in [7, 11) is 1.69. The van der Waals surface area contributed by atoms with Gasteiger partial charge in [0.05, 0.1) is 19.2 Å². The van der Waals surface area contributed by atoms with Gasteiger partial charge in [0, 0.05) is 13.2 Å². The fourth-order valence-corrected chi connectivity index (χ4v) is 2.14. The molecule has 2 fully saturated rings. The van der Waals surface area contributed by atoms with E-state index in [1.54, 1.807) is 7.11 Å². The summed E-state index contributed by atoms with van der Waals surface area (Å²) in [6, 6.07) is 0.0618. The average molecular weight is 216 g/mol. The Morgan fingerprint density at radius 1 is 1.47 bits per heavy atom. The molecule has 0 aromatic carbocycles. The molecule has 0 spiro atoms. The highest BCUT2D eigenvalue weighted by atomic mass is 19.1. The van der Waals surface area contributed by atoms with Gasteiger partial charge in [-0.05, 0) is 19.3 Å². The van der Waals surface area contributed by atoms with Gasteiger partial charge in [-0.15, -0.1) is 0 Å². The molecule has 0 radical (unpaired) electrons. The molecule has 86 valence electrons. The van der Waals surface area contributed by atoms with E-state index in [-0.39, 0.29) is 31.3 Å². The van der Waals surface area contributed by atoms with Crippen molar-refractivity contribution in [3.05, 3.63) is 0 Å². The molecular formula is C10H17FN2O2. The molecule has 5 heteroatoms. The van der Waals surface area contributed by atoms with Gasteiger partial charge in [-0.3, -0.25) is 0 Å². The van der Waals surface area contributed by atoms with E-state index in [2.05, 4.69) is 5.32 Å². The molecule has 1 aliphatic carbocycles. The Hall–Kier alpha value is -0.840. The zero-order valence-corrected chi connectivity index (χ0v) is 8.91. The second-order valence-electron chi connectivity index (χ2n) is 4.32. The van der Waals surface area contributed by atoms with Crippen LogP contribution in [0, 0.1) is 0 Å². The number of halogens is 1. The number of hydrogen-bond acceptors (Lipinski definition) is 2. The van der Waals surface area contributed by atoms with Crippen LogP contribution in [0.25, 0.3) is 0 Å². The first kappa shape index (κ1) is 10.7. The summed E-state index contributed by atoms with van der Waals surface area (Å²) in [6.45, 7) is 0.485. The zero-order chi connectivity index (χ0) is 10.8. The summed E-state index contributed by atoms with van der Waals surface area (Å²) in [5.74, 6) is 0. The lowest BCUT2D eigenvalue weighted by Gasteiger charge is -2.35. The molecule has 15 heavy (non-hydrogen) atoms. The van der Waals surface area contributed by atoms with Gasteiger partial charge in [0.2, 0.25) is 0 Å². The molecule has 1 N–H and O–H groups in total. The largest absolute Gasteiger partial charge is 0.381 e. The van der Waals surface area contributed by atoms with Gasteiger partial charge in [0.1, 0.15) is 6.17 Å².